The standard InChI is InChI=1S/C26H21N3O4/c1-25-26(32,12-30)18(11-33-25)28-16-8-4-2-6-13(16)20-21-15(10-27-24(21)31)19-14-7-3-5-9-17(14)29(25)23(19)22(20)28/h2-9,18,30,32H,10-12H2,1H3,(H,27,31)/t18?,25-,26+/m0/s1. The van der Waals surface area contributed by atoms with Crippen LogP contribution in [0.3, 0.4) is 0 Å². The fourth-order valence-corrected chi connectivity index (χ4v) is 6.86. The monoisotopic (exact) mass is 439 g/mol. The van der Waals surface area contributed by atoms with E-state index in [0.717, 1.165) is 49.2 Å². The minimum absolute atomic E-state index is 0.0686. The lowest BCUT2D eigenvalue weighted by Gasteiger charge is -2.40. The van der Waals surface area contributed by atoms with Crippen molar-refractivity contribution in [2.75, 3.05) is 13.2 Å². The number of amides is 1. The third kappa shape index (κ3) is 1.69. The fraction of sp³-hybridized carbons (Fsp3) is 0.269. The van der Waals surface area contributed by atoms with Gasteiger partial charge in [-0.1, -0.05) is 36.4 Å². The predicted molar refractivity (Wildman–Crippen MR) is 124 cm³/mol. The maximum atomic E-state index is 13.2. The number of nitrogens with one attached hydrogen (secondary N) is 1. The third-order valence-corrected chi connectivity index (χ3v) is 8.37. The number of para-hydroxylation sites is 2. The van der Waals surface area contributed by atoms with E-state index >= 15 is 0 Å². The highest BCUT2D eigenvalue weighted by Gasteiger charge is 2.63. The number of hydrogen-bond acceptors (Lipinski definition) is 4. The van der Waals surface area contributed by atoms with Gasteiger partial charge in [-0.05, 0) is 24.6 Å². The van der Waals surface area contributed by atoms with Gasteiger partial charge in [0.1, 0.15) is 0 Å². The zero-order valence-electron chi connectivity index (χ0n) is 17.9. The van der Waals surface area contributed by atoms with Crippen LogP contribution in [0.15, 0.2) is 48.5 Å². The van der Waals surface area contributed by atoms with Crippen molar-refractivity contribution < 1.29 is 19.7 Å². The summed E-state index contributed by atoms with van der Waals surface area (Å²) in [7, 11) is 0. The van der Waals surface area contributed by atoms with Gasteiger partial charge in [-0.2, -0.15) is 0 Å². The Labute approximate surface area is 187 Å². The molecular weight excluding hydrogens is 418 g/mol. The normalized spacial score (nSPS) is 27.8. The predicted octanol–water partition coefficient (Wildman–Crippen LogP) is 3.13. The Morgan fingerprint density at radius 2 is 1.76 bits per heavy atom. The molecule has 5 aromatic rings. The van der Waals surface area contributed by atoms with Crippen LogP contribution in [0.4, 0.5) is 0 Å². The Kier molecular flexibility index (Phi) is 2.95. The number of aliphatic hydroxyl groups excluding tert-OH is 1. The van der Waals surface area contributed by atoms with E-state index in [0.29, 0.717) is 12.1 Å². The Bertz CT molecular complexity index is 1730. The molecule has 7 nitrogen and oxygen atoms in total. The van der Waals surface area contributed by atoms with Crippen LogP contribution in [0, 0.1) is 0 Å². The average molecular weight is 439 g/mol. The lowest BCUT2D eigenvalue weighted by molar-refractivity contribution is -0.180. The van der Waals surface area contributed by atoms with E-state index in [1.165, 1.54) is 0 Å². The van der Waals surface area contributed by atoms with Crippen LogP contribution in [0.1, 0.15) is 28.9 Å². The number of fused-ring (bicyclic) bond motifs is 13. The molecule has 2 aromatic heterocycles. The van der Waals surface area contributed by atoms with E-state index in [2.05, 4.69) is 20.5 Å². The molecule has 1 fully saturated rings. The minimum Gasteiger partial charge on any atom is -0.393 e. The molecule has 5 heterocycles. The van der Waals surface area contributed by atoms with Crippen LogP contribution in [0.25, 0.3) is 43.6 Å². The molecular formula is C26H21N3O4. The van der Waals surface area contributed by atoms with E-state index in [1.807, 2.05) is 49.4 Å². The van der Waals surface area contributed by atoms with Crippen molar-refractivity contribution in [3.63, 3.8) is 0 Å². The highest BCUT2D eigenvalue weighted by atomic mass is 16.5. The summed E-state index contributed by atoms with van der Waals surface area (Å²) in [5.41, 5.74) is 2.63. The molecule has 33 heavy (non-hydrogen) atoms. The van der Waals surface area contributed by atoms with Gasteiger partial charge in [-0.3, -0.25) is 4.79 Å². The van der Waals surface area contributed by atoms with E-state index in [9.17, 15) is 15.0 Å². The molecule has 0 saturated carbocycles. The zero-order valence-corrected chi connectivity index (χ0v) is 17.9. The molecule has 3 aromatic carbocycles. The summed E-state index contributed by atoms with van der Waals surface area (Å²) in [6, 6.07) is 15.5. The number of benzene rings is 3. The summed E-state index contributed by atoms with van der Waals surface area (Å²) >= 11 is 0. The van der Waals surface area contributed by atoms with E-state index in [1.54, 1.807) is 0 Å². The molecule has 3 N–H and O–H groups in total. The summed E-state index contributed by atoms with van der Waals surface area (Å²) in [5, 5.41) is 29.7. The van der Waals surface area contributed by atoms with Gasteiger partial charge in [0.25, 0.3) is 5.91 Å². The van der Waals surface area contributed by atoms with Crippen LogP contribution >= 0.6 is 0 Å². The van der Waals surface area contributed by atoms with Gasteiger partial charge in [-0.25, -0.2) is 0 Å². The Morgan fingerprint density at radius 3 is 2.52 bits per heavy atom. The first kappa shape index (κ1) is 18.1. The molecule has 1 amide bonds. The molecule has 3 aliphatic rings. The molecule has 3 atom stereocenters. The topological polar surface area (TPSA) is 88.7 Å². The SMILES string of the molecule is C[C@@]12OCC(n3c4ccccc4c4c5c(c6c7ccccc7n1c6c43)CNC5=O)[C@]2(O)CO. The van der Waals surface area contributed by atoms with Gasteiger partial charge in [-0.15, -0.1) is 0 Å². The van der Waals surface area contributed by atoms with Gasteiger partial charge >= 0.3 is 0 Å². The quantitative estimate of drug-likeness (QED) is 0.375. The van der Waals surface area contributed by atoms with Gasteiger partial charge in [0.2, 0.25) is 0 Å². The summed E-state index contributed by atoms with van der Waals surface area (Å²) in [4.78, 5) is 13.2. The summed E-state index contributed by atoms with van der Waals surface area (Å²) in [5.74, 6) is -0.0686. The molecule has 0 aliphatic carbocycles. The zero-order chi connectivity index (χ0) is 22.3. The van der Waals surface area contributed by atoms with Crippen molar-refractivity contribution in [2.45, 2.75) is 30.8 Å². The number of aromatic nitrogens is 2. The fourth-order valence-electron chi connectivity index (χ4n) is 6.86. The van der Waals surface area contributed by atoms with Gasteiger partial charge in [0, 0.05) is 33.6 Å². The Balaban J connectivity index is 1.80. The maximum absolute atomic E-state index is 13.2. The molecule has 7 heteroatoms. The minimum atomic E-state index is -1.57. The number of carbonyl (C=O) groups is 1. The Hall–Kier alpha value is -3.39. The third-order valence-electron chi connectivity index (χ3n) is 8.37. The number of rotatable bonds is 1. The van der Waals surface area contributed by atoms with Crippen molar-refractivity contribution in [3.8, 4) is 0 Å². The lowest BCUT2D eigenvalue weighted by atomic mass is 9.87. The second-order valence-electron chi connectivity index (χ2n) is 9.62. The van der Waals surface area contributed by atoms with Crippen molar-refractivity contribution >= 4 is 49.5 Å². The van der Waals surface area contributed by atoms with Gasteiger partial charge < -0.3 is 29.4 Å². The number of nitrogens with zero attached hydrogens (tertiary/aromatic N) is 2. The number of ether oxygens (including phenoxy) is 1. The number of hydrogen-bond donors (Lipinski definition) is 3. The second kappa shape index (κ2) is 5.39. The number of carbonyl (C=O) groups excluding carboxylic acids is 1. The molecule has 0 radical (unpaired) electrons. The maximum Gasteiger partial charge on any atom is 0.252 e. The summed E-state index contributed by atoms with van der Waals surface area (Å²) in [6.07, 6.45) is 0. The highest BCUT2D eigenvalue weighted by molar-refractivity contribution is 6.31. The summed E-state index contributed by atoms with van der Waals surface area (Å²) < 4.78 is 10.6. The van der Waals surface area contributed by atoms with Crippen LogP contribution in [-0.2, 0) is 17.0 Å². The van der Waals surface area contributed by atoms with E-state index in [-0.39, 0.29) is 12.5 Å². The van der Waals surface area contributed by atoms with Crippen molar-refractivity contribution in [1.82, 2.24) is 14.5 Å². The van der Waals surface area contributed by atoms with Crippen molar-refractivity contribution in [3.05, 3.63) is 59.7 Å². The lowest BCUT2D eigenvalue weighted by Crippen LogP contribution is -2.55. The highest BCUT2D eigenvalue weighted by Crippen LogP contribution is 2.56. The molecule has 8 rings (SSSR count). The molecule has 0 spiro atoms. The van der Waals surface area contributed by atoms with Crippen molar-refractivity contribution in [1.29, 1.82) is 0 Å². The molecule has 2 bridgehead atoms. The van der Waals surface area contributed by atoms with E-state index < -0.39 is 24.0 Å². The molecule has 164 valence electrons. The number of aliphatic hydroxyl groups is 2. The molecule has 1 saturated heterocycles. The second-order valence-corrected chi connectivity index (χ2v) is 9.62. The van der Waals surface area contributed by atoms with Crippen LogP contribution < -0.4 is 5.32 Å². The van der Waals surface area contributed by atoms with Crippen LogP contribution in [0.5, 0.6) is 0 Å². The first-order valence-corrected chi connectivity index (χ1v) is 11.3. The first-order chi connectivity index (χ1) is 16.0. The van der Waals surface area contributed by atoms with Crippen LogP contribution in [0.2, 0.25) is 0 Å². The smallest absolute Gasteiger partial charge is 0.252 e. The Morgan fingerprint density at radius 1 is 1.06 bits per heavy atom. The largest absolute Gasteiger partial charge is 0.393 e. The first-order valence-electron chi connectivity index (χ1n) is 11.3. The van der Waals surface area contributed by atoms with Gasteiger partial charge in [0.15, 0.2) is 11.3 Å². The summed E-state index contributed by atoms with van der Waals surface area (Å²) in [6.45, 7) is 2.12. The van der Waals surface area contributed by atoms with E-state index in [4.69, 9.17) is 4.74 Å². The molecule has 1 unspecified atom stereocenters. The molecule has 3 aliphatic heterocycles. The van der Waals surface area contributed by atoms with Crippen LogP contribution in [-0.4, -0.2) is 44.1 Å². The van der Waals surface area contributed by atoms with Gasteiger partial charge in [0.05, 0.1) is 41.4 Å². The van der Waals surface area contributed by atoms with Crippen molar-refractivity contribution in [2.24, 2.45) is 0 Å². The average Bonchev–Trinajstić information content (AvgIpc) is 3.52.